The predicted octanol–water partition coefficient (Wildman–Crippen LogP) is 2.69. The summed E-state index contributed by atoms with van der Waals surface area (Å²) >= 11 is 3.60. The third kappa shape index (κ3) is 3.28. The lowest BCUT2D eigenvalue weighted by Gasteiger charge is -2.43. The van der Waals surface area contributed by atoms with Gasteiger partial charge in [0.2, 0.25) is 5.91 Å². The average Bonchev–Trinajstić information content (AvgIpc) is 3.21. The predicted molar refractivity (Wildman–Crippen MR) is 121 cm³/mol. The zero-order chi connectivity index (χ0) is 20.6. The Balaban J connectivity index is 1.37. The van der Waals surface area contributed by atoms with Gasteiger partial charge in [0, 0.05) is 36.8 Å². The van der Waals surface area contributed by atoms with Crippen LogP contribution < -0.4 is 10.2 Å². The van der Waals surface area contributed by atoms with E-state index in [2.05, 4.69) is 58.1 Å². The standard InChI is InChI=1S/C22H25BrN6O/c23-17-14-25-19-18(17)20(27-15-26-19)28-10-12-29(13-11-28)21(30)22(6-8-24-9-7-22)16-4-2-1-3-5-16/h1-5,14-15,24H,6-13H2,(H,25,26,27). The molecule has 4 heterocycles. The first-order valence-corrected chi connectivity index (χ1v) is 11.3. The van der Waals surface area contributed by atoms with Gasteiger partial charge >= 0.3 is 0 Å². The maximum Gasteiger partial charge on any atom is 0.233 e. The van der Waals surface area contributed by atoms with Crippen LogP contribution in [-0.4, -0.2) is 65.0 Å². The molecule has 0 unspecified atom stereocenters. The van der Waals surface area contributed by atoms with Crippen LogP contribution in [0.15, 0.2) is 47.3 Å². The van der Waals surface area contributed by atoms with Gasteiger partial charge in [0.15, 0.2) is 0 Å². The van der Waals surface area contributed by atoms with Gasteiger partial charge in [-0.3, -0.25) is 4.79 Å². The molecule has 156 valence electrons. The Labute approximate surface area is 184 Å². The number of amides is 1. The number of anilines is 1. The summed E-state index contributed by atoms with van der Waals surface area (Å²) < 4.78 is 0.962. The minimum atomic E-state index is -0.416. The number of nitrogens with one attached hydrogen (secondary N) is 2. The maximum absolute atomic E-state index is 13.8. The molecular formula is C22H25BrN6O. The third-order valence-corrected chi connectivity index (χ3v) is 7.09. The van der Waals surface area contributed by atoms with Crippen molar-refractivity contribution in [2.45, 2.75) is 18.3 Å². The fraction of sp³-hybridized carbons (Fsp3) is 0.409. The average molecular weight is 469 g/mol. The second kappa shape index (κ2) is 8.00. The Kier molecular flexibility index (Phi) is 5.20. The van der Waals surface area contributed by atoms with Crippen LogP contribution in [0.3, 0.4) is 0 Å². The number of carbonyl (C=O) groups is 1. The van der Waals surface area contributed by atoms with Crippen molar-refractivity contribution in [3.8, 4) is 0 Å². The SMILES string of the molecule is O=C(N1CCN(c2ncnc3[nH]cc(Br)c23)CC1)C1(c2ccccc2)CCNCC1. The molecule has 30 heavy (non-hydrogen) atoms. The number of rotatable bonds is 3. The normalized spacial score (nSPS) is 19.2. The second-order valence-electron chi connectivity index (χ2n) is 8.03. The molecule has 2 aliphatic rings. The molecule has 8 heteroatoms. The van der Waals surface area contributed by atoms with E-state index in [1.54, 1.807) is 6.33 Å². The van der Waals surface area contributed by atoms with Crippen molar-refractivity contribution in [3.05, 3.63) is 52.9 Å². The Morgan fingerprint density at radius 3 is 2.50 bits per heavy atom. The monoisotopic (exact) mass is 468 g/mol. The van der Waals surface area contributed by atoms with Crippen molar-refractivity contribution in [1.82, 2.24) is 25.2 Å². The molecular weight excluding hydrogens is 444 g/mol. The number of H-pyrrole nitrogens is 1. The summed E-state index contributed by atoms with van der Waals surface area (Å²) in [7, 11) is 0. The number of carbonyl (C=O) groups excluding carboxylic acids is 1. The molecule has 2 aliphatic heterocycles. The number of nitrogens with zero attached hydrogens (tertiary/aromatic N) is 4. The molecule has 0 bridgehead atoms. The molecule has 7 nitrogen and oxygen atoms in total. The summed E-state index contributed by atoms with van der Waals surface area (Å²) in [5.41, 5.74) is 1.55. The Morgan fingerprint density at radius 2 is 1.77 bits per heavy atom. The summed E-state index contributed by atoms with van der Waals surface area (Å²) in [4.78, 5) is 30.1. The van der Waals surface area contributed by atoms with Crippen LogP contribution in [0.2, 0.25) is 0 Å². The Hall–Kier alpha value is -2.45. The zero-order valence-corrected chi connectivity index (χ0v) is 18.4. The van der Waals surface area contributed by atoms with Crippen LogP contribution in [0.25, 0.3) is 11.0 Å². The number of halogens is 1. The number of hydrogen-bond acceptors (Lipinski definition) is 5. The van der Waals surface area contributed by atoms with Gasteiger partial charge in [0.25, 0.3) is 0 Å². The van der Waals surface area contributed by atoms with Crippen molar-refractivity contribution in [2.75, 3.05) is 44.2 Å². The van der Waals surface area contributed by atoms with Crippen LogP contribution in [0.5, 0.6) is 0 Å². The summed E-state index contributed by atoms with van der Waals surface area (Å²) in [5.74, 6) is 1.19. The molecule has 0 atom stereocenters. The molecule has 3 aromatic rings. The molecule has 1 aromatic carbocycles. The summed E-state index contributed by atoms with van der Waals surface area (Å²) in [6, 6.07) is 10.3. The molecule has 2 N–H and O–H groups in total. The van der Waals surface area contributed by atoms with Gasteiger partial charge < -0.3 is 20.1 Å². The van der Waals surface area contributed by atoms with Gasteiger partial charge in [-0.1, -0.05) is 30.3 Å². The van der Waals surface area contributed by atoms with Crippen molar-refractivity contribution in [1.29, 1.82) is 0 Å². The van der Waals surface area contributed by atoms with E-state index in [0.717, 1.165) is 65.9 Å². The molecule has 2 aromatic heterocycles. The number of fused-ring (bicyclic) bond motifs is 1. The minimum Gasteiger partial charge on any atom is -0.352 e. The highest BCUT2D eigenvalue weighted by atomic mass is 79.9. The van der Waals surface area contributed by atoms with Crippen LogP contribution in [0.4, 0.5) is 5.82 Å². The van der Waals surface area contributed by atoms with Crippen molar-refractivity contribution < 1.29 is 4.79 Å². The Morgan fingerprint density at radius 1 is 1.03 bits per heavy atom. The van der Waals surface area contributed by atoms with Gasteiger partial charge in [0.05, 0.1) is 10.8 Å². The van der Waals surface area contributed by atoms with E-state index in [-0.39, 0.29) is 5.91 Å². The van der Waals surface area contributed by atoms with Crippen molar-refractivity contribution in [3.63, 3.8) is 0 Å². The van der Waals surface area contributed by atoms with Gasteiger partial charge in [-0.2, -0.15) is 0 Å². The number of aromatic amines is 1. The molecule has 0 radical (unpaired) electrons. The molecule has 0 saturated carbocycles. The second-order valence-corrected chi connectivity index (χ2v) is 8.89. The van der Waals surface area contributed by atoms with Gasteiger partial charge in [-0.25, -0.2) is 9.97 Å². The first-order valence-electron chi connectivity index (χ1n) is 10.5. The summed E-state index contributed by atoms with van der Waals surface area (Å²) in [5, 5.41) is 4.41. The van der Waals surface area contributed by atoms with Crippen molar-refractivity contribution in [2.24, 2.45) is 0 Å². The van der Waals surface area contributed by atoms with Gasteiger partial charge in [-0.05, 0) is 47.4 Å². The van der Waals surface area contributed by atoms with Crippen LogP contribution in [0, 0.1) is 0 Å². The number of piperidine rings is 1. The number of hydrogen-bond donors (Lipinski definition) is 2. The van der Waals surface area contributed by atoms with Gasteiger partial charge in [-0.15, -0.1) is 0 Å². The van der Waals surface area contributed by atoms with E-state index in [4.69, 9.17) is 0 Å². The smallest absolute Gasteiger partial charge is 0.233 e. The molecule has 2 fully saturated rings. The fourth-order valence-corrected chi connectivity index (χ4v) is 5.29. The quantitative estimate of drug-likeness (QED) is 0.617. The fourth-order valence-electron chi connectivity index (χ4n) is 4.81. The summed E-state index contributed by atoms with van der Waals surface area (Å²) in [6.07, 6.45) is 5.18. The lowest BCUT2D eigenvalue weighted by Crippen LogP contribution is -2.57. The highest BCUT2D eigenvalue weighted by molar-refractivity contribution is 9.10. The zero-order valence-electron chi connectivity index (χ0n) is 16.8. The van der Waals surface area contributed by atoms with E-state index in [9.17, 15) is 4.79 Å². The molecule has 2 saturated heterocycles. The lowest BCUT2D eigenvalue weighted by molar-refractivity contribution is -0.139. The van der Waals surface area contributed by atoms with Crippen LogP contribution >= 0.6 is 15.9 Å². The maximum atomic E-state index is 13.8. The number of aromatic nitrogens is 3. The first-order chi connectivity index (χ1) is 14.7. The number of piperazine rings is 1. The van der Waals surface area contributed by atoms with Gasteiger partial charge in [0.1, 0.15) is 17.8 Å². The summed E-state index contributed by atoms with van der Waals surface area (Å²) in [6.45, 7) is 4.68. The minimum absolute atomic E-state index is 0.269. The van der Waals surface area contributed by atoms with E-state index >= 15 is 0 Å². The van der Waals surface area contributed by atoms with Crippen LogP contribution in [0.1, 0.15) is 18.4 Å². The van der Waals surface area contributed by atoms with E-state index in [1.165, 1.54) is 0 Å². The first kappa shape index (κ1) is 19.5. The highest BCUT2D eigenvalue weighted by Gasteiger charge is 2.44. The molecule has 5 rings (SSSR count). The molecule has 0 spiro atoms. The Bertz CT molecular complexity index is 1040. The number of benzene rings is 1. The van der Waals surface area contributed by atoms with E-state index in [0.29, 0.717) is 13.1 Å². The largest absolute Gasteiger partial charge is 0.352 e. The van der Waals surface area contributed by atoms with E-state index in [1.807, 2.05) is 24.4 Å². The van der Waals surface area contributed by atoms with E-state index < -0.39 is 5.41 Å². The molecule has 0 aliphatic carbocycles. The molecule has 1 amide bonds. The highest BCUT2D eigenvalue weighted by Crippen LogP contribution is 2.36. The topological polar surface area (TPSA) is 77.2 Å². The third-order valence-electron chi connectivity index (χ3n) is 6.46. The lowest BCUT2D eigenvalue weighted by atomic mass is 9.72. The van der Waals surface area contributed by atoms with Crippen molar-refractivity contribution >= 4 is 38.7 Å². The van der Waals surface area contributed by atoms with Crippen LogP contribution in [-0.2, 0) is 10.2 Å².